The number of nitrogens with one attached hydrogen (secondary N) is 1. The first kappa shape index (κ1) is 22.0. The minimum absolute atomic E-state index is 0.0223. The fourth-order valence-corrected chi connectivity index (χ4v) is 3.40. The number of nitrogens with zero attached hydrogens (tertiary/aromatic N) is 1. The molecule has 2 aromatic rings. The fourth-order valence-electron chi connectivity index (χ4n) is 2.80. The largest absolute Gasteiger partial charge is 0.483 e. The Labute approximate surface area is 175 Å². The van der Waals surface area contributed by atoms with Gasteiger partial charge in [0.2, 0.25) is 0 Å². The predicted molar refractivity (Wildman–Crippen MR) is 116 cm³/mol. The van der Waals surface area contributed by atoms with Crippen molar-refractivity contribution in [1.82, 2.24) is 4.90 Å². The molecule has 1 N–H and O–H groups in total. The molecule has 150 valence electrons. The quantitative estimate of drug-likeness (QED) is 0.586. The lowest BCUT2D eigenvalue weighted by molar-refractivity contribution is -0.118. The topological polar surface area (TPSA) is 58.6 Å². The number of hydrogen-bond acceptors (Lipinski definition) is 3. The number of hydrogen-bond donors (Lipinski definition) is 1. The van der Waals surface area contributed by atoms with Gasteiger partial charge in [0.25, 0.3) is 11.8 Å². The van der Waals surface area contributed by atoms with Crippen LogP contribution < -0.4 is 10.1 Å². The summed E-state index contributed by atoms with van der Waals surface area (Å²) >= 11 is 3.43. The van der Waals surface area contributed by atoms with Gasteiger partial charge in [0, 0.05) is 24.3 Å². The van der Waals surface area contributed by atoms with Gasteiger partial charge >= 0.3 is 0 Å². The summed E-state index contributed by atoms with van der Waals surface area (Å²) in [4.78, 5) is 26.6. The number of anilines is 1. The lowest BCUT2D eigenvalue weighted by Gasteiger charge is -2.21. The van der Waals surface area contributed by atoms with Gasteiger partial charge in [-0.05, 0) is 77.7 Å². The minimum atomic E-state index is -0.259. The molecule has 0 saturated heterocycles. The van der Waals surface area contributed by atoms with Gasteiger partial charge in [-0.15, -0.1) is 0 Å². The number of halogens is 1. The van der Waals surface area contributed by atoms with Crippen LogP contribution in [0.4, 0.5) is 5.69 Å². The molecule has 0 aliphatic rings. The van der Waals surface area contributed by atoms with Gasteiger partial charge in [-0.2, -0.15) is 0 Å². The third-order valence-corrected chi connectivity index (χ3v) is 4.76. The zero-order valence-corrected chi connectivity index (χ0v) is 18.2. The molecule has 0 spiro atoms. The number of carbonyl (C=O) groups is 2. The fraction of sp³-hybridized carbons (Fsp3) is 0.364. The maximum atomic E-state index is 12.6. The molecule has 2 rings (SSSR count). The smallest absolute Gasteiger partial charge is 0.262 e. The second-order valence-electron chi connectivity index (χ2n) is 6.64. The number of carbonyl (C=O) groups excluding carboxylic acids is 2. The molecule has 28 heavy (non-hydrogen) atoms. The Bertz CT molecular complexity index is 800. The second kappa shape index (κ2) is 10.9. The number of rotatable bonds is 9. The van der Waals surface area contributed by atoms with Crippen molar-refractivity contribution in [3.05, 3.63) is 58.1 Å². The summed E-state index contributed by atoms with van der Waals surface area (Å²) in [6.07, 6.45) is 1.86. The van der Waals surface area contributed by atoms with Crippen LogP contribution in [-0.4, -0.2) is 36.4 Å². The van der Waals surface area contributed by atoms with E-state index < -0.39 is 0 Å². The molecule has 0 radical (unpaired) electrons. The van der Waals surface area contributed by atoms with Crippen LogP contribution in [-0.2, 0) is 4.79 Å². The number of amides is 2. The molecule has 5 nitrogen and oxygen atoms in total. The zero-order chi connectivity index (χ0) is 20.5. The first-order chi connectivity index (χ1) is 13.4. The number of benzene rings is 2. The first-order valence-corrected chi connectivity index (χ1v) is 10.3. The van der Waals surface area contributed by atoms with Crippen molar-refractivity contribution in [3.8, 4) is 5.75 Å². The maximum absolute atomic E-state index is 12.6. The summed E-state index contributed by atoms with van der Waals surface area (Å²) in [5.74, 6) is 0.382. The SMILES string of the molecule is CCCN(CCC)C(=O)c1ccc(NC(=O)COc2ccc(C)cc2Br)cc1. The van der Waals surface area contributed by atoms with Crippen molar-refractivity contribution < 1.29 is 14.3 Å². The van der Waals surface area contributed by atoms with E-state index in [-0.39, 0.29) is 18.4 Å². The summed E-state index contributed by atoms with van der Waals surface area (Å²) in [6, 6.07) is 12.6. The molecule has 0 heterocycles. The van der Waals surface area contributed by atoms with Crippen molar-refractivity contribution in [1.29, 1.82) is 0 Å². The third kappa shape index (κ3) is 6.37. The van der Waals surface area contributed by atoms with Crippen LogP contribution >= 0.6 is 15.9 Å². The Morgan fingerprint density at radius 3 is 2.25 bits per heavy atom. The molecule has 2 aromatic carbocycles. The normalized spacial score (nSPS) is 10.4. The van der Waals surface area contributed by atoms with Gasteiger partial charge in [-0.25, -0.2) is 0 Å². The highest BCUT2D eigenvalue weighted by molar-refractivity contribution is 9.10. The molecule has 6 heteroatoms. The molecule has 0 atom stereocenters. The van der Waals surface area contributed by atoms with Crippen LogP contribution in [0.25, 0.3) is 0 Å². The van der Waals surface area contributed by atoms with E-state index in [1.54, 1.807) is 24.3 Å². The predicted octanol–water partition coefficient (Wildman–Crippen LogP) is 5.04. The van der Waals surface area contributed by atoms with Crippen LogP contribution in [0.5, 0.6) is 5.75 Å². The van der Waals surface area contributed by atoms with Gasteiger partial charge in [-0.3, -0.25) is 9.59 Å². The lowest BCUT2D eigenvalue weighted by atomic mass is 10.1. The van der Waals surface area contributed by atoms with Crippen LogP contribution in [0.3, 0.4) is 0 Å². The molecule has 0 fully saturated rings. The maximum Gasteiger partial charge on any atom is 0.262 e. The second-order valence-corrected chi connectivity index (χ2v) is 7.49. The van der Waals surface area contributed by atoms with Gasteiger partial charge < -0.3 is 15.0 Å². The van der Waals surface area contributed by atoms with E-state index in [1.807, 2.05) is 30.0 Å². The molecular formula is C22H27BrN2O3. The van der Waals surface area contributed by atoms with E-state index in [0.29, 0.717) is 17.0 Å². The third-order valence-electron chi connectivity index (χ3n) is 4.14. The minimum Gasteiger partial charge on any atom is -0.483 e. The van der Waals surface area contributed by atoms with E-state index in [1.165, 1.54) is 0 Å². The molecule has 0 aliphatic heterocycles. The molecule has 0 bridgehead atoms. The monoisotopic (exact) mass is 446 g/mol. The number of ether oxygens (including phenoxy) is 1. The van der Waals surface area contributed by atoms with Crippen molar-refractivity contribution in [2.24, 2.45) is 0 Å². The zero-order valence-electron chi connectivity index (χ0n) is 16.6. The Balaban J connectivity index is 1.92. The number of aryl methyl sites for hydroxylation is 1. The average molecular weight is 447 g/mol. The average Bonchev–Trinajstić information content (AvgIpc) is 2.67. The van der Waals surface area contributed by atoms with Crippen molar-refractivity contribution in [2.75, 3.05) is 25.0 Å². The van der Waals surface area contributed by atoms with Crippen molar-refractivity contribution >= 4 is 33.4 Å². The Morgan fingerprint density at radius 2 is 1.68 bits per heavy atom. The Morgan fingerprint density at radius 1 is 1.04 bits per heavy atom. The Hall–Kier alpha value is -2.34. The van der Waals surface area contributed by atoms with Gasteiger partial charge in [0.1, 0.15) is 5.75 Å². The standard InChI is InChI=1S/C22H27BrN2O3/c1-4-12-25(13-5-2)22(27)17-7-9-18(10-8-17)24-21(26)15-28-20-11-6-16(3)14-19(20)23/h6-11,14H,4-5,12-13,15H2,1-3H3,(H,24,26). The summed E-state index contributed by atoms with van der Waals surface area (Å²) in [6.45, 7) is 7.51. The van der Waals surface area contributed by atoms with Crippen molar-refractivity contribution in [2.45, 2.75) is 33.6 Å². The van der Waals surface area contributed by atoms with E-state index in [2.05, 4.69) is 35.1 Å². The molecule has 0 unspecified atom stereocenters. The summed E-state index contributed by atoms with van der Waals surface area (Å²) in [5.41, 5.74) is 2.36. The summed E-state index contributed by atoms with van der Waals surface area (Å²) in [7, 11) is 0. The molecule has 0 aromatic heterocycles. The van der Waals surface area contributed by atoms with Gasteiger partial charge in [0.05, 0.1) is 4.47 Å². The van der Waals surface area contributed by atoms with Gasteiger partial charge in [-0.1, -0.05) is 19.9 Å². The van der Waals surface area contributed by atoms with Crippen LogP contribution in [0.2, 0.25) is 0 Å². The highest BCUT2D eigenvalue weighted by Crippen LogP contribution is 2.25. The van der Waals surface area contributed by atoms with Crippen LogP contribution in [0, 0.1) is 6.92 Å². The molecule has 0 aliphatic carbocycles. The van der Waals surface area contributed by atoms with Crippen LogP contribution in [0.15, 0.2) is 46.9 Å². The van der Waals surface area contributed by atoms with E-state index in [9.17, 15) is 9.59 Å². The molecule has 0 saturated carbocycles. The first-order valence-electron chi connectivity index (χ1n) is 9.52. The molecule has 2 amide bonds. The van der Waals surface area contributed by atoms with Crippen molar-refractivity contribution in [3.63, 3.8) is 0 Å². The van der Waals surface area contributed by atoms with Gasteiger partial charge in [0.15, 0.2) is 6.61 Å². The van der Waals surface area contributed by atoms with E-state index in [4.69, 9.17) is 4.74 Å². The highest BCUT2D eigenvalue weighted by Gasteiger charge is 2.14. The van der Waals surface area contributed by atoms with E-state index in [0.717, 1.165) is 36.0 Å². The van der Waals surface area contributed by atoms with Crippen LogP contribution in [0.1, 0.15) is 42.6 Å². The lowest BCUT2D eigenvalue weighted by Crippen LogP contribution is -2.32. The summed E-state index contributed by atoms with van der Waals surface area (Å²) in [5, 5.41) is 2.78. The highest BCUT2D eigenvalue weighted by atomic mass is 79.9. The van der Waals surface area contributed by atoms with E-state index >= 15 is 0 Å². The Kier molecular flexibility index (Phi) is 8.51. The molecular weight excluding hydrogens is 420 g/mol. The summed E-state index contributed by atoms with van der Waals surface area (Å²) < 4.78 is 6.37.